The summed E-state index contributed by atoms with van der Waals surface area (Å²) in [6.45, 7) is 8.59. The number of hydrogen-bond donors (Lipinski definition) is 2. The molecule has 88 valence electrons. The largest absolute Gasteiger partial charge is 0.353 e. The molecule has 1 rings (SSSR count). The monoisotopic (exact) mass is 212 g/mol. The zero-order valence-corrected chi connectivity index (χ0v) is 10.3. The summed E-state index contributed by atoms with van der Waals surface area (Å²) in [6, 6.07) is 0.401. The van der Waals surface area contributed by atoms with Crippen LogP contribution in [0.4, 0.5) is 0 Å². The van der Waals surface area contributed by atoms with E-state index >= 15 is 0 Å². The molecule has 3 unspecified atom stereocenters. The van der Waals surface area contributed by atoms with E-state index in [-0.39, 0.29) is 17.4 Å². The van der Waals surface area contributed by atoms with Crippen molar-refractivity contribution in [3.05, 3.63) is 0 Å². The van der Waals surface area contributed by atoms with Crippen LogP contribution in [0.2, 0.25) is 0 Å². The van der Waals surface area contributed by atoms with E-state index in [1.54, 1.807) is 0 Å². The fourth-order valence-electron chi connectivity index (χ4n) is 1.89. The van der Waals surface area contributed by atoms with Crippen LogP contribution in [0.3, 0.4) is 0 Å². The second-order valence-corrected chi connectivity index (χ2v) is 6.12. The van der Waals surface area contributed by atoms with Crippen LogP contribution >= 0.6 is 0 Å². The molecule has 3 N–H and O–H groups in total. The van der Waals surface area contributed by atoms with Crippen LogP contribution in [-0.4, -0.2) is 18.0 Å². The van der Waals surface area contributed by atoms with Crippen LogP contribution in [0, 0.1) is 11.3 Å². The van der Waals surface area contributed by atoms with E-state index in [0.717, 1.165) is 12.8 Å². The summed E-state index contributed by atoms with van der Waals surface area (Å²) in [6.07, 6.45) is 2.47. The van der Waals surface area contributed by atoms with Crippen molar-refractivity contribution >= 4 is 5.91 Å². The number of nitrogens with two attached hydrogens (primary N) is 1. The first kappa shape index (κ1) is 12.5. The molecule has 1 saturated carbocycles. The highest BCUT2D eigenvalue weighted by atomic mass is 16.1. The highest BCUT2D eigenvalue weighted by molar-refractivity contribution is 5.77. The van der Waals surface area contributed by atoms with Gasteiger partial charge in [-0.2, -0.15) is 0 Å². The van der Waals surface area contributed by atoms with Crippen molar-refractivity contribution in [2.24, 2.45) is 17.1 Å². The Morgan fingerprint density at radius 1 is 1.53 bits per heavy atom. The Hall–Kier alpha value is -0.570. The Kier molecular flexibility index (Phi) is 3.77. The molecular weight excluding hydrogens is 188 g/mol. The SMILES string of the molecule is CC1CC1NC(=O)CC(N)CC(C)(C)C. The average Bonchev–Trinajstić information content (AvgIpc) is 2.60. The van der Waals surface area contributed by atoms with Crippen molar-refractivity contribution < 1.29 is 4.79 Å². The van der Waals surface area contributed by atoms with Crippen LogP contribution < -0.4 is 11.1 Å². The molecule has 0 bridgehead atoms. The third-order valence-corrected chi connectivity index (χ3v) is 2.78. The zero-order valence-electron chi connectivity index (χ0n) is 10.3. The number of carbonyl (C=O) groups excluding carboxylic acids is 1. The number of amides is 1. The van der Waals surface area contributed by atoms with Gasteiger partial charge in [0, 0.05) is 18.5 Å². The topological polar surface area (TPSA) is 55.1 Å². The van der Waals surface area contributed by atoms with Crippen LogP contribution in [0.15, 0.2) is 0 Å². The Balaban J connectivity index is 2.19. The van der Waals surface area contributed by atoms with Crippen LogP contribution in [-0.2, 0) is 4.79 Å². The van der Waals surface area contributed by atoms with E-state index in [4.69, 9.17) is 5.73 Å². The summed E-state index contributed by atoms with van der Waals surface area (Å²) in [4.78, 5) is 11.5. The van der Waals surface area contributed by atoms with E-state index in [1.165, 1.54) is 0 Å². The van der Waals surface area contributed by atoms with Gasteiger partial charge in [-0.25, -0.2) is 0 Å². The second kappa shape index (κ2) is 4.52. The van der Waals surface area contributed by atoms with Gasteiger partial charge in [0.2, 0.25) is 5.91 Å². The summed E-state index contributed by atoms with van der Waals surface area (Å²) in [5, 5.41) is 3.00. The molecule has 0 aliphatic heterocycles. The lowest BCUT2D eigenvalue weighted by atomic mass is 9.87. The predicted molar refractivity (Wildman–Crippen MR) is 62.4 cm³/mol. The summed E-state index contributed by atoms with van der Waals surface area (Å²) in [5.74, 6) is 0.772. The fourth-order valence-corrected chi connectivity index (χ4v) is 1.89. The Bertz CT molecular complexity index is 232. The highest BCUT2D eigenvalue weighted by Gasteiger charge is 2.34. The zero-order chi connectivity index (χ0) is 11.6. The molecule has 0 saturated heterocycles. The summed E-state index contributed by atoms with van der Waals surface area (Å²) < 4.78 is 0. The quantitative estimate of drug-likeness (QED) is 0.744. The van der Waals surface area contributed by atoms with Crippen molar-refractivity contribution in [3.63, 3.8) is 0 Å². The molecule has 3 atom stereocenters. The van der Waals surface area contributed by atoms with Gasteiger partial charge in [-0.05, 0) is 24.2 Å². The molecule has 1 fully saturated rings. The third kappa shape index (κ3) is 5.17. The lowest BCUT2D eigenvalue weighted by Gasteiger charge is -2.22. The molecule has 0 aromatic rings. The van der Waals surface area contributed by atoms with Gasteiger partial charge in [0.1, 0.15) is 0 Å². The lowest BCUT2D eigenvalue weighted by Crippen LogP contribution is -2.35. The van der Waals surface area contributed by atoms with E-state index in [0.29, 0.717) is 18.4 Å². The van der Waals surface area contributed by atoms with Gasteiger partial charge in [0.05, 0.1) is 0 Å². The normalized spacial score (nSPS) is 27.3. The molecule has 1 aliphatic rings. The maximum Gasteiger partial charge on any atom is 0.221 e. The van der Waals surface area contributed by atoms with Gasteiger partial charge >= 0.3 is 0 Å². The number of rotatable bonds is 4. The first-order chi connectivity index (χ1) is 6.78. The molecule has 0 heterocycles. The summed E-state index contributed by atoms with van der Waals surface area (Å²) in [7, 11) is 0. The molecule has 1 aliphatic carbocycles. The fraction of sp³-hybridized carbons (Fsp3) is 0.917. The predicted octanol–water partition coefficient (Wildman–Crippen LogP) is 1.66. The Morgan fingerprint density at radius 3 is 2.47 bits per heavy atom. The molecule has 1 amide bonds. The standard InChI is InChI=1S/C12H24N2O/c1-8-5-10(8)14-11(15)6-9(13)7-12(2,3)4/h8-10H,5-7,13H2,1-4H3,(H,14,15). The van der Waals surface area contributed by atoms with Crippen molar-refractivity contribution in [2.75, 3.05) is 0 Å². The maximum absolute atomic E-state index is 11.5. The molecular formula is C12H24N2O. The van der Waals surface area contributed by atoms with Crippen LogP contribution in [0.1, 0.15) is 47.0 Å². The van der Waals surface area contributed by atoms with Gasteiger partial charge in [0.15, 0.2) is 0 Å². The van der Waals surface area contributed by atoms with Gasteiger partial charge in [-0.1, -0.05) is 27.7 Å². The van der Waals surface area contributed by atoms with Gasteiger partial charge in [-0.15, -0.1) is 0 Å². The van der Waals surface area contributed by atoms with Crippen LogP contribution in [0.5, 0.6) is 0 Å². The maximum atomic E-state index is 11.5. The number of carbonyl (C=O) groups is 1. The van der Waals surface area contributed by atoms with E-state index < -0.39 is 0 Å². The molecule has 0 aromatic carbocycles. The molecule has 3 nitrogen and oxygen atoms in total. The minimum absolute atomic E-state index is 0.0148. The summed E-state index contributed by atoms with van der Waals surface area (Å²) >= 11 is 0. The van der Waals surface area contributed by atoms with Crippen molar-refractivity contribution in [2.45, 2.75) is 59.0 Å². The highest BCUT2D eigenvalue weighted by Crippen LogP contribution is 2.29. The van der Waals surface area contributed by atoms with Crippen LogP contribution in [0.25, 0.3) is 0 Å². The van der Waals surface area contributed by atoms with Gasteiger partial charge < -0.3 is 11.1 Å². The average molecular weight is 212 g/mol. The molecule has 3 heteroatoms. The lowest BCUT2D eigenvalue weighted by molar-refractivity contribution is -0.121. The molecule has 0 aromatic heterocycles. The van der Waals surface area contributed by atoms with Crippen molar-refractivity contribution in [1.29, 1.82) is 0 Å². The van der Waals surface area contributed by atoms with E-state index in [2.05, 4.69) is 33.0 Å². The van der Waals surface area contributed by atoms with Crippen molar-refractivity contribution in [3.8, 4) is 0 Å². The molecule has 0 radical (unpaired) electrons. The van der Waals surface area contributed by atoms with E-state index in [9.17, 15) is 4.79 Å². The smallest absolute Gasteiger partial charge is 0.221 e. The minimum Gasteiger partial charge on any atom is -0.353 e. The third-order valence-electron chi connectivity index (χ3n) is 2.78. The first-order valence-electron chi connectivity index (χ1n) is 5.83. The van der Waals surface area contributed by atoms with Gasteiger partial charge in [-0.3, -0.25) is 4.79 Å². The molecule has 0 spiro atoms. The number of hydrogen-bond acceptors (Lipinski definition) is 2. The second-order valence-electron chi connectivity index (χ2n) is 6.12. The Labute approximate surface area is 92.8 Å². The Morgan fingerprint density at radius 2 is 2.07 bits per heavy atom. The first-order valence-corrected chi connectivity index (χ1v) is 5.83. The summed E-state index contributed by atoms with van der Waals surface area (Å²) in [5.41, 5.74) is 6.13. The van der Waals surface area contributed by atoms with Gasteiger partial charge in [0.25, 0.3) is 0 Å². The molecule has 15 heavy (non-hydrogen) atoms. The van der Waals surface area contributed by atoms with Crippen molar-refractivity contribution in [1.82, 2.24) is 5.32 Å². The van der Waals surface area contributed by atoms with E-state index in [1.807, 2.05) is 0 Å². The number of nitrogens with one attached hydrogen (secondary N) is 1. The minimum atomic E-state index is -0.0148.